The van der Waals surface area contributed by atoms with Crippen LogP contribution in [0.2, 0.25) is 0 Å². The Morgan fingerprint density at radius 3 is 2.50 bits per heavy atom. The first-order valence-electron chi connectivity index (χ1n) is 10.1. The average Bonchev–Trinajstić information content (AvgIpc) is 2.76. The molecule has 1 aliphatic heterocycles. The summed E-state index contributed by atoms with van der Waals surface area (Å²) in [5.41, 5.74) is 4.08. The maximum atomic E-state index is 13.3. The van der Waals surface area contributed by atoms with E-state index in [4.69, 9.17) is 0 Å². The Hall–Kier alpha value is -3.65. The molecule has 0 saturated heterocycles. The summed E-state index contributed by atoms with van der Waals surface area (Å²) in [6.45, 7) is 5.28. The lowest BCUT2D eigenvalue weighted by Gasteiger charge is -2.29. The van der Waals surface area contributed by atoms with Gasteiger partial charge in [0.25, 0.3) is 15.9 Å². The maximum absolute atomic E-state index is 13.3. The fourth-order valence-corrected chi connectivity index (χ4v) is 5.05. The van der Waals surface area contributed by atoms with Gasteiger partial charge in [-0.1, -0.05) is 30.3 Å². The summed E-state index contributed by atoms with van der Waals surface area (Å²) in [5.74, 6) is -0.760. The summed E-state index contributed by atoms with van der Waals surface area (Å²) in [6.07, 6.45) is 0. The molecule has 8 heteroatoms. The highest BCUT2D eigenvalue weighted by Crippen LogP contribution is 2.31. The zero-order chi connectivity index (χ0) is 23.0. The van der Waals surface area contributed by atoms with Crippen molar-refractivity contribution in [1.82, 2.24) is 0 Å². The van der Waals surface area contributed by atoms with Gasteiger partial charge < -0.3 is 5.32 Å². The Morgan fingerprint density at radius 2 is 1.72 bits per heavy atom. The number of nitrogens with one attached hydrogen (secondary N) is 2. The number of para-hydroxylation sites is 2. The molecular formula is C24H23N3O4S. The number of fused-ring (bicyclic) bond motifs is 1. The number of nitrogens with zero attached hydrogens (tertiary/aromatic N) is 1. The van der Waals surface area contributed by atoms with E-state index in [2.05, 4.69) is 10.0 Å². The highest BCUT2D eigenvalue weighted by atomic mass is 32.2. The van der Waals surface area contributed by atoms with Gasteiger partial charge >= 0.3 is 0 Å². The monoisotopic (exact) mass is 449 g/mol. The van der Waals surface area contributed by atoms with Crippen LogP contribution in [0, 0.1) is 20.8 Å². The van der Waals surface area contributed by atoms with Crippen LogP contribution in [-0.4, -0.2) is 26.8 Å². The van der Waals surface area contributed by atoms with Gasteiger partial charge in [-0.15, -0.1) is 0 Å². The topological polar surface area (TPSA) is 95.6 Å². The molecule has 1 heterocycles. The Balaban J connectivity index is 1.71. The minimum Gasteiger partial charge on any atom is -0.323 e. The molecule has 4 rings (SSSR count). The van der Waals surface area contributed by atoms with Gasteiger partial charge in [0.05, 0.1) is 22.0 Å². The van der Waals surface area contributed by atoms with Crippen LogP contribution in [0.5, 0.6) is 0 Å². The van der Waals surface area contributed by atoms with E-state index in [1.165, 1.54) is 11.0 Å². The Morgan fingerprint density at radius 1 is 0.969 bits per heavy atom. The number of hydrogen-bond acceptors (Lipinski definition) is 4. The van der Waals surface area contributed by atoms with E-state index in [-0.39, 0.29) is 22.9 Å². The van der Waals surface area contributed by atoms with Crippen LogP contribution in [0.15, 0.2) is 65.6 Å². The van der Waals surface area contributed by atoms with E-state index < -0.39 is 15.9 Å². The number of hydrogen-bond donors (Lipinski definition) is 2. The summed E-state index contributed by atoms with van der Waals surface area (Å²) in [7, 11) is -3.94. The first-order valence-corrected chi connectivity index (χ1v) is 11.6. The summed E-state index contributed by atoms with van der Waals surface area (Å²) in [5, 5.41) is 2.74. The summed E-state index contributed by atoms with van der Waals surface area (Å²) >= 11 is 0. The van der Waals surface area contributed by atoms with Crippen molar-refractivity contribution in [3.05, 3.63) is 82.9 Å². The second-order valence-corrected chi connectivity index (χ2v) is 9.44. The molecular weight excluding hydrogens is 426 g/mol. The Bertz CT molecular complexity index is 1350. The molecule has 0 aliphatic carbocycles. The molecule has 0 spiro atoms. The van der Waals surface area contributed by atoms with Gasteiger partial charge in [-0.25, -0.2) is 8.42 Å². The molecule has 0 saturated carbocycles. The van der Waals surface area contributed by atoms with Crippen molar-refractivity contribution >= 4 is 38.9 Å². The summed E-state index contributed by atoms with van der Waals surface area (Å²) in [4.78, 5) is 26.8. The summed E-state index contributed by atoms with van der Waals surface area (Å²) in [6, 6.07) is 16.9. The van der Waals surface area contributed by atoms with Crippen LogP contribution in [0.1, 0.15) is 27.0 Å². The lowest BCUT2D eigenvalue weighted by atomic mass is 10.1. The van der Waals surface area contributed by atoms with E-state index in [1.54, 1.807) is 55.5 Å². The molecule has 7 nitrogen and oxygen atoms in total. The first kappa shape index (κ1) is 21.6. The molecule has 3 aromatic rings. The molecule has 1 aliphatic rings. The molecule has 164 valence electrons. The Kier molecular flexibility index (Phi) is 5.48. The smallest absolute Gasteiger partial charge is 0.262 e. The first-order chi connectivity index (χ1) is 15.2. The number of carbonyl (C=O) groups excluding carboxylic acids is 2. The molecule has 0 unspecified atom stereocenters. The van der Waals surface area contributed by atoms with Gasteiger partial charge in [-0.05, 0) is 67.8 Å². The molecule has 0 fully saturated rings. The molecule has 0 aromatic heterocycles. The average molecular weight is 450 g/mol. The number of sulfonamides is 1. The number of benzene rings is 3. The number of aryl methyl sites for hydroxylation is 2. The van der Waals surface area contributed by atoms with E-state index in [1.807, 2.05) is 19.9 Å². The van der Waals surface area contributed by atoms with Gasteiger partial charge in [-0.2, -0.15) is 0 Å². The van der Waals surface area contributed by atoms with E-state index >= 15 is 0 Å². The number of rotatable bonds is 4. The third-order valence-electron chi connectivity index (χ3n) is 5.59. The van der Waals surface area contributed by atoms with Gasteiger partial charge in [0.2, 0.25) is 5.91 Å². The van der Waals surface area contributed by atoms with Gasteiger partial charge in [0.15, 0.2) is 0 Å². The fraction of sp³-hybridized carbons (Fsp3) is 0.167. The van der Waals surface area contributed by atoms with Crippen molar-refractivity contribution < 1.29 is 18.0 Å². The van der Waals surface area contributed by atoms with Crippen LogP contribution in [-0.2, 0) is 14.8 Å². The van der Waals surface area contributed by atoms with Crippen LogP contribution in [0.3, 0.4) is 0 Å². The van der Waals surface area contributed by atoms with Crippen LogP contribution in [0.25, 0.3) is 0 Å². The lowest BCUT2D eigenvalue weighted by molar-refractivity contribution is -0.115. The molecule has 3 aromatic carbocycles. The fourth-order valence-electron chi connectivity index (χ4n) is 3.65. The molecule has 0 bridgehead atoms. The van der Waals surface area contributed by atoms with Crippen molar-refractivity contribution in [1.29, 1.82) is 0 Å². The quantitative estimate of drug-likeness (QED) is 0.629. The maximum Gasteiger partial charge on any atom is 0.262 e. The highest BCUT2D eigenvalue weighted by molar-refractivity contribution is 7.92. The minimum absolute atomic E-state index is 0.0130. The normalized spacial score (nSPS) is 13.3. The van der Waals surface area contributed by atoms with Crippen molar-refractivity contribution in [2.75, 3.05) is 21.5 Å². The SMILES string of the molecule is Cc1ccc(C(=O)N2CC(=O)Nc3ccccc32)cc1S(=O)(=O)Nc1cccc(C)c1C. The van der Waals surface area contributed by atoms with Crippen LogP contribution >= 0.6 is 0 Å². The van der Waals surface area contributed by atoms with Crippen LogP contribution in [0.4, 0.5) is 17.1 Å². The largest absolute Gasteiger partial charge is 0.323 e. The molecule has 0 atom stereocenters. The third kappa shape index (κ3) is 3.97. The highest BCUT2D eigenvalue weighted by Gasteiger charge is 2.29. The minimum atomic E-state index is -3.94. The van der Waals surface area contributed by atoms with Crippen molar-refractivity contribution in [2.24, 2.45) is 0 Å². The standard InChI is InChI=1S/C24H23N3O4S/c1-15-7-6-9-19(17(15)3)26-32(30,31)22-13-18(12-11-16(22)2)24(29)27-14-23(28)25-20-8-4-5-10-21(20)27/h4-13,26H,14H2,1-3H3,(H,25,28). The van der Waals surface area contributed by atoms with Gasteiger partial charge in [-0.3, -0.25) is 19.2 Å². The van der Waals surface area contributed by atoms with Crippen molar-refractivity contribution in [2.45, 2.75) is 25.7 Å². The molecule has 2 amide bonds. The van der Waals surface area contributed by atoms with Crippen molar-refractivity contribution in [3.8, 4) is 0 Å². The molecule has 32 heavy (non-hydrogen) atoms. The van der Waals surface area contributed by atoms with E-state index in [9.17, 15) is 18.0 Å². The summed E-state index contributed by atoms with van der Waals surface area (Å²) < 4.78 is 29.0. The molecule has 0 radical (unpaired) electrons. The number of carbonyl (C=O) groups is 2. The zero-order valence-corrected chi connectivity index (χ0v) is 18.8. The van der Waals surface area contributed by atoms with Gasteiger partial charge in [0, 0.05) is 5.56 Å². The predicted molar refractivity (Wildman–Crippen MR) is 125 cm³/mol. The Labute approximate surface area is 187 Å². The third-order valence-corrected chi connectivity index (χ3v) is 7.10. The van der Waals surface area contributed by atoms with Crippen LogP contribution < -0.4 is 14.9 Å². The van der Waals surface area contributed by atoms with Gasteiger partial charge in [0.1, 0.15) is 6.54 Å². The predicted octanol–water partition coefficient (Wildman–Crippen LogP) is 4.01. The van der Waals surface area contributed by atoms with E-state index in [0.29, 0.717) is 22.6 Å². The zero-order valence-electron chi connectivity index (χ0n) is 18.0. The van der Waals surface area contributed by atoms with Crippen molar-refractivity contribution in [3.63, 3.8) is 0 Å². The van der Waals surface area contributed by atoms with E-state index in [0.717, 1.165) is 11.1 Å². The molecule has 2 N–H and O–H groups in total. The number of anilines is 3. The lowest BCUT2D eigenvalue weighted by Crippen LogP contribution is -2.42. The number of amides is 2. The second kappa shape index (κ2) is 8.12. The second-order valence-electron chi connectivity index (χ2n) is 7.79.